The van der Waals surface area contributed by atoms with Crippen molar-refractivity contribution in [3.8, 4) is 0 Å². The topological polar surface area (TPSA) is 88.9 Å². The molecule has 1 heterocycles. The number of benzene rings is 1. The first-order valence-corrected chi connectivity index (χ1v) is 13.2. The average Bonchev–Trinajstić information content (AvgIpc) is 3.14. The first-order chi connectivity index (χ1) is 15.9. The highest BCUT2D eigenvalue weighted by molar-refractivity contribution is 7.99. The third-order valence-electron chi connectivity index (χ3n) is 7.35. The molecule has 4 fully saturated rings. The number of anilines is 1. The van der Waals surface area contributed by atoms with Crippen LogP contribution in [0.5, 0.6) is 0 Å². The summed E-state index contributed by atoms with van der Waals surface area (Å²) >= 11 is 7.51. The number of hydrogen-bond donors (Lipinski definition) is 2. The van der Waals surface area contributed by atoms with Gasteiger partial charge in [-0.2, -0.15) is 0 Å². The van der Waals surface area contributed by atoms with Crippen LogP contribution in [0.15, 0.2) is 29.4 Å². The Kier molecular flexibility index (Phi) is 6.40. The zero-order valence-corrected chi connectivity index (χ0v) is 20.4. The third-order valence-corrected chi connectivity index (χ3v) is 8.65. The van der Waals surface area contributed by atoms with Crippen molar-refractivity contribution in [2.45, 2.75) is 69.1 Å². The van der Waals surface area contributed by atoms with Gasteiger partial charge in [0.1, 0.15) is 5.82 Å². The molecule has 7 nitrogen and oxygen atoms in total. The summed E-state index contributed by atoms with van der Waals surface area (Å²) in [6.45, 7) is 2.61. The summed E-state index contributed by atoms with van der Waals surface area (Å²) in [5.41, 5.74) is 0.593. The molecule has 0 atom stereocenters. The summed E-state index contributed by atoms with van der Waals surface area (Å²) in [7, 11) is 0. The number of nitrogens with one attached hydrogen (secondary N) is 2. The highest BCUT2D eigenvalue weighted by Crippen LogP contribution is 2.55. The normalized spacial score (nSPS) is 27.5. The number of rotatable bonds is 8. The lowest BCUT2D eigenvalue weighted by Crippen LogP contribution is -2.60. The van der Waals surface area contributed by atoms with Gasteiger partial charge in [0.25, 0.3) is 0 Å². The summed E-state index contributed by atoms with van der Waals surface area (Å²) in [6.07, 6.45) is 7.59. The second-order valence-corrected chi connectivity index (χ2v) is 11.2. The van der Waals surface area contributed by atoms with Crippen LogP contribution in [0, 0.1) is 17.8 Å². The van der Waals surface area contributed by atoms with E-state index in [1.807, 2.05) is 23.6 Å². The summed E-state index contributed by atoms with van der Waals surface area (Å²) in [6, 6.07) is 7.12. The van der Waals surface area contributed by atoms with Gasteiger partial charge in [-0.1, -0.05) is 35.5 Å². The van der Waals surface area contributed by atoms with Gasteiger partial charge in [0.05, 0.1) is 22.9 Å². The van der Waals surface area contributed by atoms with Crippen molar-refractivity contribution in [1.82, 2.24) is 20.1 Å². The number of carbonyl (C=O) groups is 2. The van der Waals surface area contributed by atoms with E-state index in [1.165, 1.54) is 31.0 Å². The minimum Gasteiger partial charge on any atom is -0.350 e. The monoisotopic (exact) mass is 487 g/mol. The van der Waals surface area contributed by atoms with Crippen LogP contribution in [0.25, 0.3) is 0 Å². The van der Waals surface area contributed by atoms with Crippen molar-refractivity contribution in [2.24, 2.45) is 17.8 Å². The third kappa shape index (κ3) is 4.92. The van der Waals surface area contributed by atoms with Crippen molar-refractivity contribution in [3.05, 3.63) is 35.1 Å². The Labute approximate surface area is 203 Å². The Morgan fingerprint density at radius 3 is 2.39 bits per heavy atom. The van der Waals surface area contributed by atoms with Crippen LogP contribution < -0.4 is 10.6 Å². The molecule has 4 bridgehead atoms. The molecule has 2 amide bonds. The van der Waals surface area contributed by atoms with Crippen molar-refractivity contribution in [1.29, 1.82) is 0 Å². The Morgan fingerprint density at radius 1 is 1.09 bits per heavy atom. The van der Waals surface area contributed by atoms with Crippen molar-refractivity contribution < 1.29 is 9.59 Å². The molecule has 9 heteroatoms. The number of hydrogen-bond acceptors (Lipinski definition) is 5. The zero-order valence-electron chi connectivity index (χ0n) is 18.8. The van der Waals surface area contributed by atoms with Gasteiger partial charge in [0, 0.05) is 12.1 Å². The molecule has 4 aliphatic carbocycles. The largest absolute Gasteiger partial charge is 0.350 e. The number of thioether (sulfide) groups is 1. The molecule has 4 aliphatic rings. The number of halogens is 1. The average molecular weight is 488 g/mol. The lowest BCUT2D eigenvalue weighted by atomic mass is 9.53. The highest BCUT2D eigenvalue weighted by Gasteiger charge is 2.51. The van der Waals surface area contributed by atoms with E-state index < -0.39 is 0 Å². The molecule has 0 aliphatic heterocycles. The molecule has 0 spiro atoms. The van der Waals surface area contributed by atoms with E-state index in [0.29, 0.717) is 34.0 Å². The molecule has 33 heavy (non-hydrogen) atoms. The molecule has 6 rings (SSSR count). The van der Waals surface area contributed by atoms with E-state index in [-0.39, 0.29) is 23.8 Å². The molecule has 1 aromatic heterocycles. The number of carbonyl (C=O) groups excluding carboxylic acids is 2. The molecule has 4 saturated carbocycles. The molecule has 2 aromatic rings. The fourth-order valence-corrected chi connectivity index (χ4v) is 7.50. The predicted molar refractivity (Wildman–Crippen MR) is 129 cm³/mol. The van der Waals surface area contributed by atoms with Crippen LogP contribution in [0.3, 0.4) is 0 Å². The second-order valence-electron chi connectivity index (χ2n) is 9.88. The van der Waals surface area contributed by atoms with E-state index >= 15 is 0 Å². The van der Waals surface area contributed by atoms with E-state index in [2.05, 4.69) is 20.8 Å². The van der Waals surface area contributed by atoms with Crippen LogP contribution in [-0.2, 0) is 22.6 Å². The second kappa shape index (κ2) is 9.29. The van der Waals surface area contributed by atoms with E-state index in [4.69, 9.17) is 11.6 Å². The summed E-state index contributed by atoms with van der Waals surface area (Å²) in [4.78, 5) is 25.4. The fraction of sp³-hybridized carbons (Fsp3) is 0.583. The van der Waals surface area contributed by atoms with Crippen LogP contribution in [-0.4, -0.2) is 37.9 Å². The summed E-state index contributed by atoms with van der Waals surface area (Å²) in [5.74, 6) is 3.15. The highest BCUT2D eigenvalue weighted by atomic mass is 35.5. The maximum Gasteiger partial charge on any atom is 0.232 e. The quantitative estimate of drug-likeness (QED) is 0.541. The van der Waals surface area contributed by atoms with Crippen LogP contribution in [0.1, 0.15) is 51.3 Å². The lowest BCUT2D eigenvalue weighted by Gasteiger charge is -2.56. The van der Waals surface area contributed by atoms with Crippen molar-refractivity contribution in [2.75, 3.05) is 11.1 Å². The van der Waals surface area contributed by atoms with Crippen LogP contribution in [0.4, 0.5) is 5.69 Å². The predicted octanol–water partition coefficient (Wildman–Crippen LogP) is 4.31. The summed E-state index contributed by atoms with van der Waals surface area (Å²) in [5, 5.41) is 15.9. The molecule has 2 N–H and O–H groups in total. The molecule has 0 radical (unpaired) electrons. The molecule has 0 unspecified atom stereocenters. The van der Waals surface area contributed by atoms with Crippen LogP contribution >= 0.6 is 23.4 Å². The first kappa shape index (κ1) is 22.7. The van der Waals surface area contributed by atoms with Gasteiger partial charge in [-0.3, -0.25) is 9.59 Å². The fourth-order valence-electron chi connectivity index (χ4n) is 6.50. The van der Waals surface area contributed by atoms with E-state index in [0.717, 1.165) is 37.0 Å². The van der Waals surface area contributed by atoms with Crippen LogP contribution in [0.2, 0.25) is 5.02 Å². The molecular weight excluding hydrogens is 458 g/mol. The summed E-state index contributed by atoms with van der Waals surface area (Å²) < 4.78 is 1.90. The van der Waals surface area contributed by atoms with Crippen molar-refractivity contribution >= 4 is 40.9 Å². The number of aromatic nitrogens is 3. The van der Waals surface area contributed by atoms with Gasteiger partial charge in [0.15, 0.2) is 5.16 Å². The Hall–Kier alpha value is -2.06. The zero-order chi connectivity index (χ0) is 23.0. The SMILES string of the molecule is CCn1c(CC(=O)Nc2ccccc2Cl)nnc1SCC(=O)NC12CC3CC(CC(C3)C1)C2. The van der Waals surface area contributed by atoms with Gasteiger partial charge in [-0.05, 0) is 75.3 Å². The number of amides is 2. The Balaban J connectivity index is 1.17. The number of nitrogens with zero attached hydrogens (tertiary/aromatic N) is 3. The molecule has 1 aromatic carbocycles. The minimum absolute atomic E-state index is 0.0206. The Morgan fingerprint density at radius 2 is 1.76 bits per heavy atom. The van der Waals surface area contributed by atoms with E-state index in [1.54, 1.807) is 12.1 Å². The maximum atomic E-state index is 12.9. The molecule has 176 valence electrons. The number of para-hydroxylation sites is 1. The van der Waals surface area contributed by atoms with Crippen molar-refractivity contribution in [3.63, 3.8) is 0 Å². The molecule has 0 saturated heterocycles. The molecular formula is C24H30ClN5O2S. The smallest absolute Gasteiger partial charge is 0.232 e. The van der Waals surface area contributed by atoms with Gasteiger partial charge < -0.3 is 15.2 Å². The minimum atomic E-state index is -0.207. The van der Waals surface area contributed by atoms with E-state index in [9.17, 15) is 9.59 Å². The first-order valence-electron chi connectivity index (χ1n) is 11.8. The van der Waals surface area contributed by atoms with Gasteiger partial charge >= 0.3 is 0 Å². The maximum absolute atomic E-state index is 12.9. The lowest BCUT2D eigenvalue weighted by molar-refractivity contribution is -0.124. The Bertz CT molecular complexity index is 1020. The standard InChI is InChI=1S/C24H30ClN5O2S/c1-2-30-20(10-21(31)26-19-6-4-3-5-18(19)25)28-29-23(30)33-14-22(32)27-24-11-15-7-16(12-24)9-17(8-15)13-24/h3-6,15-17H,2,7-14H2,1H3,(H,26,31)(H,27,32). The van der Waals surface area contributed by atoms with Gasteiger partial charge in [0.2, 0.25) is 11.8 Å². The van der Waals surface area contributed by atoms with Gasteiger partial charge in [-0.25, -0.2) is 0 Å². The van der Waals surface area contributed by atoms with Gasteiger partial charge in [-0.15, -0.1) is 10.2 Å².